The van der Waals surface area contributed by atoms with Gasteiger partial charge in [0.2, 0.25) is 0 Å². The van der Waals surface area contributed by atoms with Gasteiger partial charge < -0.3 is 9.84 Å². The summed E-state index contributed by atoms with van der Waals surface area (Å²) >= 11 is 12.0. The molecule has 1 aromatic rings. The van der Waals surface area contributed by atoms with Crippen molar-refractivity contribution in [2.24, 2.45) is 0 Å². The van der Waals surface area contributed by atoms with Gasteiger partial charge in [-0.1, -0.05) is 29.3 Å². The molecule has 1 aromatic carbocycles. The van der Waals surface area contributed by atoms with E-state index in [1.54, 1.807) is 18.2 Å². The van der Waals surface area contributed by atoms with E-state index in [9.17, 15) is 5.11 Å². The third-order valence-electron chi connectivity index (χ3n) is 3.54. The number of aliphatic hydroxyl groups excluding tert-OH is 1. The third kappa shape index (κ3) is 4.34. The topological polar surface area (TPSA) is 32.7 Å². The minimum absolute atomic E-state index is 0.245. The van der Waals surface area contributed by atoms with Gasteiger partial charge >= 0.3 is 0 Å². The summed E-state index contributed by atoms with van der Waals surface area (Å²) in [6.07, 6.45) is 0.582. The molecule has 1 aliphatic rings. The highest BCUT2D eigenvalue weighted by Crippen LogP contribution is 2.28. The molecule has 0 amide bonds. The zero-order chi connectivity index (χ0) is 14.7. The molecule has 1 aliphatic heterocycles. The van der Waals surface area contributed by atoms with Crippen LogP contribution in [0.25, 0.3) is 0 Å². The predicted molar refractivity (Wildman–Crippen MR) is 82.5 cm³/mol. The lowest BCUT2D eigenvalue weighted by Gasteiger charge is -2.35. The molecule has 0 aliphatic carbocycles. The zero-order valence-corrected chi connectivity index (χ0v) is 13.4. The summed E-state index contributed by atoms with van der Waals surface area (Å²) in [6, 6.07) is 5.21. The second-order valence-electron chi connectivity index (χ2n) is 5.49. The Labute approximate surface area is 130 Å². The summed E-state index contributed by atoms with van der Waals surface area (Å²) in [6.45, 7) is 6.80. The standard InChI is InChI=1S/C15H21Cl2NO2/c1-10-8-18(9-11(2)20-10)6-5-15(19)13-4-3-12(16)7-14(13)17/h3-4,7,10-11,15,19H,5-6,8-9H2,1-2H3. The zero-order valence-electron chi connectivity index (χ0n) is 11.9. The Hall–Kier alpha value is -0.320. The lowest BCUT2D eigenvalue weighted by atomic mass is 10.1. The molecule has 1 saturated heterocycles. The molecule has 3 unspecified atom stereocenters. The highest BCUT2D eigenvalue weighted by atomic mass is 35.5. The molecule has 3 atom stereocenters. The van der Waals surface area contributed by atoms with E-state index in [4.69, 9.17) is 27.9 Å². The van der Waals surface area contributed by atoms with Gasteiger partial charge in [-0.05, 0) is 38.0 Å². The first-order valence-corrected chi connectivity index (χ1v) is 7.72. The summed E-state index contributed by atoms with van der Waals surface area (Å²) in [5.74, 6) is 0. The van der Waals surface area contributed by atoms with Crippen molar-refractivity contribution in [3.05, 3.63) is 33.8 Å². The molecule has 0 aromatic heterocycles. The van der Waals surface area contributed by atoms with Gasteiger partial charge in [0.15, 0.2) is 0 Å². The fourth-order valence-electron chi connectivity index (χ4n) is 2.70. The number of nitrogens with zero attached hydrogens (tertiary/aromatic N) is 1. The molecular formula is C15H21Cl2NO2. The molecule has 1 N–H and O–H groups in total. The second kappa shape index (κ2) is 7.10. The van der Waals surface area contributed by atoms with Gasteiger partial charge in [-0.15, -0.1) is 0 Å². The Bertz CT molecular complexity index is 445. The Morgan fingerprint density at radius 1 is 1.30 bits per heavy atom. The van der Waals surface area contributed by atoms with Crippen LogP contribution in [0.1, 0.15) is 31.9 Å². The molecule has 0 bridgehead atoms. The molecule has 0 spiro atoms. The van der Waals surface area contributed by atoms with E-state index in [2.05, 4.69) is 18.7 Å². The Balaban J connectivity index is 1.90. The van der Waals surface area contributed by atoms with Gasteiger partial charge in [-0.3, -0.25) is 4.90 Å². The largest absolute Gasteiger partial charge is 0.388 e. The van der Waals surface area contributed by atoms with Crippen molar-refractivity contribution < 1.29 is 9.84 Å². The lowest BCUT2D eigenvalue weighted by Crippen LogP contribution is -2.45. The summed E-state index contributed by atoms with van der Waals surface area (Å²) in [5.41, 5.74) is 0.741. The van der Waals surface area contributed by atoms with Crippen LogP contribution in [0.15, 0.2) is 18.2 Å². The second-order valence-corrected chi connectivity index (χ2v) is 6.33. The van der Waals surface area contributed by atoms with E-state index >= 15 is 0 Å². The van der Waals surface area contributed by atoms with Crippen LogP contribution in [0, 0.1) is 0 Å². The van der Waals surface area contributed by atoms with Gasteiger partial charge in [0.05, 0.1) is 18.3 Å². The highest BCUT2D eigenvalue weighted by Gasteiger charge is 2.23. The van der Waals surface area contributed by atoms with E-state index in [1.807, 2.05) is 0 Å². The van der Waals surface area contributed by atoms with Gasteiger partial charge in [-0.2, -0.15) is 0 Å². The summed E-state index contributed by atoms with van der Waals surface area (Å²) in [7, 11) is 0. The van der Waals surface area contributed by atoms with Crippen molar-refractivity contribution in [3.63, 3.8) is 0 Å². The number of rotatable bonds is 4. The molecule has 0 radical (unpaired) electrons. The van der Waals surface area contributed by atoms with Crippen molar-refractivity contribution in [2.75, 3.05) is 19.6 Å². The average molecular weight is 318 g/mol. The fraction of sp³-hybridized carbons (Fsp3) is 0.600. The van der Waals surface area contributed by atoms with Gasteiger partial charge in [0.1, 0.15) is 0 Å². The number of aliphatic hydroxyl groups is 1. The third-order valence-corrected chi connectivity index (χ3v) is 4.10. The molecule has 20 heavy (non-hydrogen) atoms. The van der Waals surface area contributed by atoms with E-state index in [0.717, 1.165) is 25.2 Å². The first kappa shape index (κ1) is 16.1. The van der Waals surface area contributed by atoms with Crippen molar-refractivity contribution >= 4 is 23.2 Å². The number of halogens is 2. The van der Waals surface area contributed by atoms with Crippen molar-refractivity contribution in [3.8, 4) is 0 Å². The normalized spacial score (nSPS) is 25.6. The summed E-state index contributed by atoms with van der Waals surface area (Å²) < 4.78 is 5.70. The molecule has 1 heterocycles. The molecule has 0 saturated carbocycles. The van der Waals surface area contributed by atoms with Gasteiger partial charge in [0.25, 0.3) is 0 Å². The molecule has 1 fully saturated rings. The maximum atomic E-state index is 10.3. The number of ether oxygens (including phenoxy) is 1. The highest BCUT2D eigenvalue weighted by molar-refractivity contribution is 6.35. The molecule has 112 valence electrons. The van der Waals surface area contributed by atoms with E-state index < -0.39 is 6.10 Å². The fourth-order valence-corrected chi connectivity index (χ4v) is 3.23. The quantitative estimate of drug-likeness (QED) is 0.922. The van der Waals surface area contributed by atoms with Crippen LogP contribution < -0.4 is 0 Å². The SMILES string of the molecule is CC1CN(CCC(O)c2ccc(Cl)cc2Cl)CC(C)O1. The monoisotopic (exact) mass is 317 g/mol. The maximum Gasteiger partial charge on any atom is 0.0816 e. The Morgan fingerprint density at radius 3 is 2.55 bits per heavy atom. The van der Waals surface area contributed by atoms with Crippen molar-refractivity contribution in [2.45, 2.75) is 38.6 Å². The van der Waals surface area contributed by atoms with E-state index in [-0.39, 0.29) is 12.2 Å². The van der Waals surface area contributed by atoms with Crippen molar-refractivity contribution in [1.82, 2.24) is 4.90 Å². The minimum Gasteiger partial charge on any atom is -0.388 e. The van der Waals surface area contributed by atoms with Crippen LogP contribution in [0.2, 0.25) is 10.0 Å². The minimum atomic E-state index is -0.562. The Kier molecular flexibility index (Phi) is 5.70. The first-order valence-electron chi connectivity index (χ1n) is 6.96. The summed E-state index contributed by atoms with van der Waals surface area (Å²) in [4.78, 5) is 2.33. The van der Waals surface area contributed by atoms with Gasteiger partial charge in [0, 0.05) is 29.7 Å². The predicted octanol–water partition coefficient (Wildman–Crippen LogP) is 3.53. The van der Waals surface area contributed by atoms with Crippen LogP contribution in [-0.4, -0.2) is 41.8 Å². The lowest BCUT2D eigenvalue weighted by molar-refractivity contribution is -0.0702. The van der Waals surface area contributed by atoms with Crippen LogP contribution in [0.4, 0.5) is 0 Å². The smallest absolute Gasteiger partial charge is 0.0816 e. The average Bonchev–Trinajstić information content (AvgIpc) is 2.35. The van der Waals surface area contributed by atoms with Crippen LogP contribution in [-0.2, 0) is 4.74 Å². The van der Waals surface area contributed by atoms with E-state index in [1.165, 1.54) is 0 Å². The number of morpholine rings is 1. The maximum absolute atomic E-state index is 10.3. The molecular weight excluding hydrogens is 297 g/mol. The van der Waals surface area contributed by atoms with Crippen LogP contribution in [0.5, 0.6) is 0 Å². The number of benzene rings is 1. The molecule has 2 rings (SSSR count). The first-order chi connectivity index (χ1) is 9.45. The summed E-state index contributed by atoms with van der Waals surface area (Å²) in [5, 5.41) is 11.4. The Morgan fingerprint density at radius 2 is 1.95 bits per heavy atom. The number of hydrogen-bond acceptors (Lipinski definition) is 3. The van der Waals surface area contributed by atoms with Gasteiger partial charge in [-0.25, -0.2) is 0 Å². The molecule has 3 nitrogen and oxygen atoms in total. The van der Waals surface area contributed by atoms with E-state index in [0.29, 0.717) is 16.5 Å². The number of hydrogen-bond donors (Lipinski definition) is 1. The van der Waals surface area contributed by atoms with Crippen LogP contribution >= 0.6 is 23.2 Å². The van der Waals surface area contributed by atoms with Crippen molar-refractivity contribution in [1.29, 1.82) is 0 Å². The molecule has 5 heteroatoms. The van der Waals surface area contributed by atoms with Crippen LogP contribution in [0.3, 0.4) is 0 Å².